The van der Waals surface area contributed by atoms with Crippen molar-refractivity contribution in [2.75, 3.05) is 12.3 Å². The molecular weight excluding hydrogens is 389 g/mol. The van der Waals surface area contributed by atoms with Gasteiger partial charge in [0.05, 0.1) is 15.5 Å². The van der Waals surface area contributed by atoms with Crippen molar-refractivity contribution in [3.8, 4) is 0 Å². The first-order valence-electron chi connectivity index (χ1n) is 9.19. The molecule has 0 spiro atoms. The van der Waals surface area contributed by atoms with Crippen LogP contribution in [-0.4, -0.2) is 29.0 Å². The van der Waals surface area contributed by atoms with Crippen LogP contribution in [0, 0.1) is 0 Å². The Morgan fingerprint density at radius 2 is 1.65 bits per heavy atom. The number of amides is 2. The molecule has 2 rings (SSSR count). The highest BCUT2D eigenvalue weighted by Gasteiger charge is 2.39. The quantitative estimate of drug-likeness (QED) is 0.339. The molecule has 0 N–H and O–H groups in total. The second-order valence-corrected chi connectivity index (χ2v) is 8.41. The molecule has 0 unspecified atom stereocenters. The molecule has 0 fully saturated rings. The van der Waals surface area contributed by atoms with Crippen molar-refractivity contribution < 1.29 is 9.59 Å². The van der Waals surface area contributed by atoms with E-state index in [9.17, 15) is 9.59 Å². The van der Waals surface area contributed by atoms with E-state index >= 15 is 0 Å². The number of unbranched alkanes of at least 4 members (excludes halogenated alkanes) is 5. The minimum Gasteiger partial charge on any atom is -0.274 e. The summed E-state index contributed by atoms with van der Waals surface area (Å²) in [4.78, 5) is 27.6. The molecule has 1 aliphatic rings. The highest BCUT2D eigenvalue weighted by molar-refractivity contribution is 8.04. The van der Waals surface area contributed by atoms with Gasteiger partial charge >= 0.3 is 0 Å². The standard InChI is InChI=1S/C20H25Cl2NO2S/c1-3-5-6-7-8-9-12-23-19(24)17(18(20(23)25)26-4-2)15-11-10-14(21)13-16(15)22/h10-11,13H,3-9,12H2,1-2H3. The molecule has 0 atom stereocenters. The number of hydrogen-bond donors (Lipinski definition) is 0. The molecule has 1 aromatic carbocycles. The summed E-state index contributed by atoms with van der Waals surface area (Å²) in [5.74, 6) is 0.272. The van der Waals surface area contributed by atoms with Gasteiger partial charge in [0.25, 0.3) is 11.8 Å². The predicted molar refractivity (Wildman–Crippen MR) is 112 cm³/mol. The summed E-state index contributed by atoms with van der Waals surface area (Å²) in [5.41, 5.74) is 0.991. The van der Waals surface area contributed by atoms with Crippen molar-refractivity contribution in [1.82, 2.24) is 4.90 Å². The summed E-state index contributed by atoms with van der Waals surface area (Å²) < 4.78 is 0. The summed E-state index contributed by atoms with van der Waals surface area (Å²) in [5, 5.41) is 0.897. The van der Waals surface area contributed by atoms with Gasteiger partial charge in [0.15, 0.2) is 0 Å². The number of imide groups is 1. The van der Waals surface area contributed by atoms with Crippen molar-refractivity contribution in [3.63, 3.8) is 0 Å². The Hall–Kier alpha value is -0.970. The second kappa shape index (κ2) is 10.4. The third kappa shape index (κ3) is 5.05. The lowest BCUT2D eigenvalue weighted by atomic mass is 10.1. The molecule has 0 saturated carbocycles. The first-order valence-corrected chi connectivity index (χ1v) is 10.9. The molecule has 0 radical (unpaired) electrons. The fourth-order valence-electron chi connectivity index (χ4n) is 3.02. The number of rotatable bonds is 10. The van der Waals surface area contributed by atoms with E-state index in [0.717, 1.165) is 19.3 Å². The average molecular weight is 414 g/mol. The molecule has 6 heteroatoms. The highest BCUT2D eigenvalue weighted by atomic mass is 35.5. The lowest BCUT2D eigenvalue weighted by Crippen LogP contribution is -2.32. The first-order chi connectivity index (χ1) is 12.5. The van der Waals surface area contributed by atoms with Gasteiger partial charge in [-0.15, -0.1) is 11.8 Å². The molecule has 0 aromatic heterocycles. The smallest absolute Gasteiger partial charge is 0.267 e. The van der Waals surface area contributed by atoms with Gasteiger partial charge in [0.1, 0.15) is 0 Å². The molecule has 26 heavy (non-hydrogen) atoms. The number of carbonyl (C=O) groups excluding carboxylic acids is 2. The molecule has 3 nitrogen and oxygen atoms in total. The maximum atomic E-state index is 12.9. The van der Waals surface area contributed by atoms with Crippen molar-refractivity contribution in [1.29, 1.82) is 0 Å². The van der Waals surface area contributed by atoms with Crippen LogP contribution >= 0.6 is 35.0 Å². The molecule has 0 bridgehead atoms. The topological polar surface area (TPSA) is 37.4 Å². The summed E-state index contributed by atoms with van der Waals surface area (Å²) in [7, 11) is 0. The normalized spacial score (nSPS) is 14.7. The Morgan fingerprint density at radius 1 is 0.962 bits per heavy atom. The Labute approximate surface area is 170 Å². The van der Waals surface area contributed by atoms with Crippen molar-refractivity contribution in [3.05, 3.63) is 38.7 Å². The largest absolute Gasteiger partial charge is 0.274 e. The van der Waals surface area contributed by atoms with E-state index in [1.165, 1.54) is 35.9 Å². The van der Waals surface area contributed by atoms with Crippen molar-refractivity contribution in [2.45, 2.75) is 52.4 Å². The minimum absolute atomic E-state index is 0.198. The zero-order chi connectivity index (χ0) is 19.1. The number of carbonyl (C=O) groups is 2. The second-order valence-electron chi connectivity index (χ2n) is 6.29. The molecule has 1 aliphatic heterocycles. The third-order valence-electron chi connectivity index (χ3n) is 4.35. The summed E-state index contributed by atoms with van der Waals surface area (Å²) >= 11 is 13.7. The molecule has 2 amide bonds. The van der Waals surface area contributed by atoms with Gasteiger partial charge in [-0.1, -0.05) is 75.2 Å². The monoisotopic (exact) mass is 413 g/mol. The van der Waals surface area contributed by atoms with Crippen LogP contribution in [0.4, 0.5) is 0 Å². The van der Waals surface area contributed by atoms with E-state index < -0.39 is 0 Å². The van der Waals surface area contributed by atoms with E-state index in [2.05, 4.69) is 6.92 Å². The first kappa shape index (κ1) is 21.3. The van der Waals surface area contributed by atoms with Crippen LogP contribution in [0.5, 0.6) is 0 Å². The van der Waals surface area contributed by atoms with Crippen LogP contribution in [0.2, 0.25) is 10.0 Å². The molecule has 1 aromatic rings. The summed E-state index contributed by atoms with van der Waals surface area (Å²) in [6.45, 7) is 4.61. The Bertz CT molecular complexity index is 703. The van der Waals surface area contributed by atoms with Crippen LogP contribution in [0.3, 0.4) is 0 Å². The fourth-order valence-corrected chi connectivity index (χ4v) is 4.38. The number of benzene rings is 1. The number of hydrogen-bond acceptors (Lipinski definition) is 3. The van der Waals surface area contributed by atoms with Gasteiger partial charge in [0.2, 0.25) is 0 Å². The van der Waals surface area contributed by atoms with Crippen LogP contribution < -0.4 is 0 Å². The van der Waals surface area contributed by atoms with Gasteiger partial charge in [0, 0.05) is 17.1 Å². The van der Waals surface area contributed by atoms with E-state index in [-0.39, 0.29) is 11.8 Å². The van der Waals surface area contributed by atoms with Crippen LogP contribution in [0.1, 0.15) is 57.9 Å². The highest BCUT2D eigenvalue weighted by Crippen LogP contribution is 2.39. The molecule has 0 saturated heterocycles. The number of halogens is 2. The number of nitrogens with zero attached hydrogens (tertiary/aromatic N) is 1. The van der Waals surface area contributed by atoms with Crippen molar-refractivity contribution >= 4 is 52.4 Å². The van der Waals surface area contributed by atoms with Gasteiger partial charge in [-0.2, -0.15) is 0 Å². The summed E-state index contributed by atoms with van der Waals surface area (Å²) in [6, 6.07) is 5.02. The Balaban J connectivity index is 2.15. The maximum Gasteiger partial charge on any atom is 0.267 e. The maximum absolute atomic E-state index is 12.9. The van der Waals surface area contributed by atoms with E-state index in [0.29, 0.717) is 38.4 Å². The van der Waals surface area contributed by atoms with Gasteiger partial charge in [-0.05, 0) is 24.3 Å². The van der Waals surface area contributed by atoms with E-state index in [4.69, 9.17) is 23.2 Å². The zero-order valence-corrected chi connectivity index (χ0v) is 17.6. The molecule has 142 valence electrons. The van der Waals surface area contributed by atoms with Gasteiger partial charge in [-0.3, -0.25) is 14.5 Å². The third-order valence-corrected chi connectivity index (χ3v) is 5.85. The Kier molecular flexibility index (Phi) is 8.52. The predicted octanol–water partition coefficient (Wildman–Crippen LogP) is 6.19. The lowest BCUT2D eigenvalue weighted by molar-refractivity contribution is -0.136. The SMILES string of the molecule is CCCCCCCCN1C(=O)C(SCC)=C(c2ccc(Cl)cc2Cl)C1=O. The summed E-state index contributed by atoms with van der Waals surface area (Å²) in [6.07, 6.45) is 6.66. The van der Waals surface area contributed by atoms with E-state index in [1.807, 2.05) is 6.92 Å². The molecular formula is C20H25Cl2NO2S. The van der Waals surface area contributed by atoms with Crippen LogP contribution in [0.25, 0.3) is 5.57 Å². The fraction of sp³-hybridized carbons (Fsp3) is 0.500. The number of thioether (sulfide) groups is 1. The molecule has 1 heterocycles. The lowest BCUT2D eigenvalue weighted by Gasteiger charge is -2.15. The Morgan fingerprint density at radius 3 is 2.31 bits per heavy atom. The average Bonchev–Trinajstić information content (AvgIpc) is 2.83. The van der Waals surface area contributed by atoms with Crippen LogP contribution in [-0.2, 0) is 9.59 Å². The van der Waals surface area contributed by atoms with E-state index in [1.54, 1.807) is 18.2 Å². The van der Waals surface area contributed by atoms with Gasteiger partial charge in [-0.25, -0.2) is 0 Å². The van der Waals surface area contributed by atoms with Crippen molar-refractivity contribution in [2.24, 2.45) is 0 Å². The van der Waals surface area contributed by atoms with Gasteiger partial charge < -0.3 is 0 Å². The zero-order valence-electron chi connectivity index (χ0n) is 15.3. The van der Waals surface area contributed by atoms with Crippen LogP contribution in [0.15, 0.2) is 23.1 Å². The minimum atomic E-state index is -0.247. The molecule has 0 aliphatic carbocycles.